The van der Waals surface area contributed by atoms with E-state index < -0.39 is 0 Å². The number of thiophene rings is 2. The molecule has 5 heteroatoms. The molecule has 3 rings (SSSR count). The van der Waals surface area contributed by atoms with Gasteiger partial charge in [-0.15, -0.1) is 22.7 Å². The summed E-state index contributed by atoms with van der Waals surface area (Å²) in [7, 11) is 0. The van der Waals surface area contributed by atoms with Crippen molar-refractivity contribution in [1.82, 2.24) is 10.2 Å². The van der Waals surface area contributed by atoms with Crippen molar-refractivity contribution in [1.29, 1.82) is 0 Å². The third-order valence-corrected chi connectivity index (χ3v) is 6.02. The highest BCUT2D eigenvalue weighted by atomic mass is 32.1. The Morgan fingerprint density at radius 3 is 2.77 bits per heavy atom. The van der Waals surface area contributed by atoms with Gasteiger partial charge in [-0.2, -0.15) is 0 Å². The number of nitrogens with zero attached hydrogens (tertiary/aromatic N) is 1. The largest absolute Gasteiger partial charge is 0.330 e. The lowest BCUT2D eigenvalue weighted by atomic mass is 9.86. The minimum absolute atomic E-state index is 0.0101. The van der Waals surface area contributed by atoms with E-state index >= 15 is 0 Å². The number of urea groups is 1. The van der Waals surface area contributed by atoms with Crippen molar-refractivity contribution in [2.24, 2.45) is 5.41 Å². The van der Waals surface area contributed by atoms with E-state index in [9.17, 15) is 4.79 Å². The average molecular weight is 335 g/mol. The van der Waals surface area contributed by atoms with Gasteiger partial charge in [-0.05, 0) is 40.3 Å². The van der Waals surface area contributed by atoms with Gasteiger partial charge in [-0.3, -0.25) is 0 Å². The van der Waals surface area contributed by atoms with Crippen LogP contribution in [0.15, 0.2) is 29.0 Å². The van der Waals surface area contributed by atoms with Crippen molar-refractivity contribution in [3.8, 4) is 0 Å². The van der Waals surface area contributed by atoms with E-state index in [0.29, 0.717) is 0 Å². The third-order valence-electron chi connectivity index (χ3n) is 4.06. The van der Waals surface area contributed by atoms with Crippen molar-refractivity contribution in [3.63, 3.8) is 0 Å². The van der Waals surface area contributed by atoms with Crippen LogP contribution < -0.4 is 5.32 Å². The number of hydrogen-bond acceptors (Lipinski definition) is 3. The minimum atomic E-state index is -0.0101. The molecule has 0 spiro atoms. The molecule has 0 saturated heterocycles. The molecule has 1 unspecified atom stereocenters. The summed E-state index contributed by atoms with van der Waals surface area (Å²) in [4.78, 5) is 17.3. The molecule has 22 heavy (non-hydrogen) atoms. The van der Waals surface area contributed by atoms with E-state index in [1.165, 1.54) is 15.3 Å². The van der Waals surface area contributed by atoms with Gasteiger partial charge in [0.15, 0.2) is 0 Å². The van der Waals surface area contributed by atoms with E-state index in [1.54, 1.807) is 22.7 Å². The first-order chi connectivity index (χ1) is 10.4. The second kappa shape index (κ2) is 6.05. The van der Waals surface area contributed by atoms with E-state index in [2.05, 4.69) is 49.0 Å². The zero-order valence-electron chi connectivity index (χ0n) is 13.3. The Morgan fingerprint density at radius 1 is 1.27 bits per heavy atom. The summed E-state index contributed by atoms with van der Waals surface area (Å²) in [6.45, 7) is 8.05. The molecule has 0 aliphatic carbocycles. The van der Waals surface area contributed by atoms with Gasteiger partial charge in [0.25, 0.3) is 0 Å². The van der Waals surface area contributed by atoms with E-state index in [1.807, 2.05) is 11.0 Å². The number of fused-ring (bicyclic) bond motifs is 1. The highest BCUT2D eigenvalue weighted by Gasteiger charge is 2.31. The lowest BCUT2D eigenvalue weighted by molar-refractivity contribution is 0.176. The SMILES string of the molecule is CC(C)(C)C(NC(=O)N1CCc2sccc2C1)c1cccs1. The fourth-order valence-corrected chi connectivity index (χ4v) is 4.72. The van der Waals surface area contributed by atoms with Crippen LogP contribution in [0.2, 0.25) is 0 Å². The highest BCUT2D eigenvalue weighted by Crippen LogP contribution is 2.35. The summed E-state index contributed by atoms with van der Waals surface area (Å²) in [6, 6.07) is 6.38. The smallest absolute Gasteiger partial charge is 0.318 e. The monoisotopic (exact) mass is 334 g/mol. The molecular formula is C17H22N2OS2. The van der Waals surface area contributed by atoms with Crippen molar-refractivity contribution < 1.29 is 4.79 Å². The van der Waals surface area contributed by atoms with Gasteiger partial charge in [-0.1, -0.05) is 26.8 Å². The summed E-state index contributed by atoms with van der Waals surface area (Å²) in [5.74, 6) is 0. The number of nitrogens with one attached hydrogen (secondary N) is 1. The van der Waals surface area contributed by atoms with E-state index in [-0.39, 0.29) is 17.5 Å². The number of amides is 2. The maximum atomic E-state index is 12.7. The summed E-state index contributed by atoms with van der Waals surface area (Å²) in [5.41, 5.74) is 1.29. The number of hydrogen-bond donors (Lipinski definition) is 1. The Hall–Kier alpha value is -1.33. The molecule has 1 aliphatic heterocycles. The Balaban J connectivity index is 1.72. The van der Waals surface area contributed by atoms with Crippen LogP contribution in [0.25, 0.3) is 0 Å². The number of carbonyl (C=O) groups excluding carboxylic acids is 1. The predicted octanol–water partition coefficient (Wildman–Crippen LogP) is 4.66. The molecule has 0 fully saturated rings. The fourth-order valence-electron chi connectivity index (χ4n) is 2.81. The second-order valence-corrected chi connectivity index (χ2v) is 8.78. The van der Waals surface area contributed by atoms with Crippen molar-refractivity contribution in [2.75, 3.05) is 6.54 Å². The lowest BCUT2D eigenvalue weighted by Gasteiger charge is -2.34. The number of rotatable bonds is 2. The molecule has 118 valence electrons. The van der Waals surface area contributed by atoms with Crippen molar-refractivity contribution in [3.05, 3.63) is 44.3 Å². The molecule has 2 amide bonds. The van der Waals surface area contributed by atoms with E-state index in [0.717, 1.165) is 19.5 Å². The molecule has 2 aromatic rings. The number of carbonyl (C=O) groups is 1. The summed E-state index contributed by atoms with van der Waals surface area (Å²) in [6.07, 6.45) is 0.972. The van der Waals surface area contributed by atoms with Gasteiger partial charge < -0.3 is 10.2 Å². The predicted molar refractivity (Wildman–Crippen MR) is 93.5 cm³/mol. The molecule has 3 heterocycles. The van der Waals surface area contributed by atoms with Crippen LogP contribution in [0.5, 0.6) is 0 Å². The van der Waals surface area contributed by atoms with Gasteiger partial charge in [0.05, 0.1) is 6.04 Å². The maximum Gasteiger partial charge on any atom is 0.318 e. The molecule has 1 atom stereocenters. The molecule has 0 bridgehead atoms. The van der Waals surface area contributed by atoms with Crippen LogP contribution in [0.1, 0.15) is 42.1 Å². The average Bonchev–Trinajstić information content (AvgIpc) is 3.13. The minimum Gasteiger partial charge on any atom is -0.330 e. The molecule has 3 nitrogen and oxygen atoms in total. The van der Waals surface area contributed by atoms with Crippen molar-refractivity contribution in [2.45, 2.75) is 39.8 Å². The molecule has 2 aromatic heterocycles. The first-order valence-corrected chi connectivity index (χ1v) is 9.35. The summed E-state index contributed by atoms with van der Waals surface area (Å²) >= 11 is 3.50. The Kier molecular flexibility index (Phi) is 4.28. The summed E-state index contributed by atoms with van der Waals surface area (Å²) < 4.78 is 0. The van der Waals surface area contributed by atoms with Gasteiger partial charge >= 0.3 is 6.03 Å². The third kappa shape index (κ3) is 3.20. The standard InChI is InChI=1S/C17H22N2OS2/c1-17(2,3)15(14-5-4-9-21-14)18-16(20)19-8-6-13-12(11-19)7-10-22-13/h4-5,7,9-10,15H,6,8,11H2,1-3H3,(H,18,20). The first kappa shape index (κ1) is 15.6. The second-order valence-electron chi connectivity index (χ2n) is 6.80. The molecule has 1 N–H and O–H groups in total. The Labute approximate surface area is 140 Å². The van der Waals surface area contributed by atoms with Gasteiger partial charge in [0.1, 0.15) is 0 Å². The van der Waals surface area contributed by atoms with Crippen LogP contribution in [-0.4, -0.2) is 17.5 Å². The molecular weight excluding hydrogens is 312 g/mol. The fraction of sp³-hybridized carbons (Fsp3) is 0.471. The molecule has 0 radical (unpaired) electrons. The normalized spacial score (nSPS) is 16.2. The summed E-state index contributed by atoms with van der Waals surface area (Å²) in [5, 5.41) is 7.44. The molecule has 1 aliphatic rings. The van der Waals surface area contributed by atoms with Crippen LogP contribution >= 0.6 is 22.7 Å². The lowest BCUT2D eigenvalue weighted by Crippen LogP contribution is -2.46. The van der Waals surface area contributed by atoms with Crippen LogP contribution in [0, 0.1) is 5.41 Å². The van der Waals surface area contributed by atoms with Gasteiger partial charge in [0.2, 0.25) is 0 Å². The van der Waals surface area contributed by atoms with Crippen LogP contribution in [0.4, 0.5) is 4.79 Å². The topological polar surface area (TPSA) is 32.3 Å². The Bertz CT molecular complexity index is 640. The maximum absolute atomic E-state index is 12.7. The molecule has 0 saturated carbocycles. The van der Waals surface area contributed by atoms with Crippen LogP contribution in [0.3, 0.4) is 0 Å². The Morgan fingerprint density at radius 2 is 2.09 bits per heavy atom. The van der Waals surface area contributed by atoms with Gasteiger partial charge in [-0.25, -0.2) is 4.79 Å². The van der Waals surface area contributed by atoms with Gasteiger partial charge in [0, 0.05) is 22.8 Å². The quantitative estimate of drug-likeness (QED) is 0.851. The van der Waals surface area contributed by atoms with Crippen LogP contribution in [-0.2, 0) is 13.0 Å². The van der Waals surface area contributed by atoms with E-state index in [4.69, 9.17) is 0 Å². The first-order valence-electron chi connectivity index (χ1n) is 7.59. The molecule has 0 aromatic carbocycles. The zero-order valence-corrected chi connectivity index (χ0v) is 14.9. The highest BCUT2D eigenvalue weighted by molar-refractivity contribution is 7.10. The van der Waals surface area contributed by atoms with Crippen molar-refractivity contribution >= 4 is 28.7 Å². The zero-order chi connectivity index (χ0) is 15.7.